The number of nitrogens with one attached hydrogen (secondary N) is 2. The van der Waals surface area contributed by atoms with Crippen molar-refractivity contribution in [1.82, 2.24) is 19.9 Å². The molecule has 3 aliphatic rings. The Balaban J connectivity index is 1.44. The van der Waals surface area contributed by atoms with Gasteiger partial charge in [-0.25, -0.2) is 4.98 Å². The summed E-state index contributed by atoms with van der Waals surface area (Å²) in [5, 5.41) is 21.5. The molecule has 1 aliphatic carbocycles. The van der Waals surface area contributed by atoms with Gasteiger partial charge in [0, 0.05) is 56.2 Å². The van der Waals surface area contributed by atoms with Gasteiger partial charge in [-0.3, -0.25) is 4.98 Å². The van der Waals surface area contributed by atoms with Crippen LogP contribution >= 0.6 is 0 Å². The lowest BCUT2D eigenvalue weighted by atomic mass is 9.96. The molecule has 4 aromatic carbocycles. The number of aromatic nitrogens is 4. The summed E-state index contributed by atoms with van der Waals surface area (Å²) in [4.78, 5) is 18.4. The third-order valence-electron chi connectivity index (χ3n) is 10.8. The van der Waals surface area contributed by atoms with E-state index >= 15 is 0 Å². The summed E-state index contributed by atoms with van der Waals surface area (Å²) in [7, 11) is 0. The van der Waals surface area contributed by atoms with Gasteiger partial charge < -0.3 is 9.97 Å². The average molecular weight is 679 g/mol. The number of fused-ring (bicyclic) bond motifs is 11. The maximum atomic E-state index is 10.7. The average Bonchev–Trinajstić information content (AvgIpc) is 3.84. The van der Waals surface area contributed by atoms with E-state index < -0.39 is 17.3 Å². The molecule has 2 N–H and O–H groups in total. The highest BCUT2D eigenvalue weighted by atomic mass is 14.9. The minimum Gasteiger partial charge on any atom is -0.354 e. The Labute approximate surface area is 306 Å². The first-order chi connectivity index (χ1) is 26.2. The van der Waals surface area contributed by atoms with Gasteiger partial charge in [-0.15, -0.1) is 0 Å². The van der Waals surface area contributed by atoms with Gasteiger partial charge >= 0.3 is 0 Å². The van der Waals surface area contributed by atoms with E-state index in [9.17, 15) is 10.5 Å². The van der Waals surface area contributed by atoms with E-state index in [1.165, 1.54) is 0 Å². The van der Waals surface area contributed by atoms with Crippen molar-refractivity contribution in [1.29, 1.82) is 10.5 Å². The summed E-state index contributed by atoms with van der Waals surface area (Å²) in [5.41, 5.74) is 13.1. The van der Waals surface area contributed by atoms with Gasteiger partial charge in [0.25, 0.3) is 0 Å². The summed E-state index contributed by atoms with van der Waals surface area (Å²) < 4.78 is 0. The second-order valence-electron chi connectivity index (χ2n) is 13.7. The topological polar surface area (TPSA) is 105 Å². The number of aromatic amines is 2. The number of rotatable bonds is 4. The Bertz CT molecular complexity index is 2660. The Morgan fingerprint density at radius 1 is 0.415 bits per heavy atom. The lowest BCUT2D eigenvalue weighted by Gasteiger charge is -2.11. The van der Waals surface area contributed by atoms with Crippen molar-refractivity contribution in [2.24, 2.45) is 5.41 Å². The third kappa shape index (κ3) is 4.70. The zero-order valence-corrected chi connectivity index (χ0v) is 28.5. The summed E-state index contributed by atoms with van der Waals surface area (Å²) in [6, 6.07) is 54.2. The summed E-state index contributed by atoms with van der Waals surface area (Å²) >= 11 is 0. The number of nitrogens with zero attached hydrogens (tertiary/aromatic N) is 4. The highest BCUT2D eigenvalue weighted by Gasteiger charge is 2.72. The second kappa shape index (κ2) is 11.9. The molecule has 10 rings (SSSR count). The van der Waals surface area contributed by atoms with E-state index in [4.69, 9.17) is 9.97 Å². The molecule has 0 amide bonds. The fourth-order valence-corrected chi connectivity index (χ4v) is 8.33. The van der Waals surface area contributed by atoms with Crippen molar-refractivity contribution in [2.75, 3.05) is 0 Å². The normalized spacial score (nSPS) is 16.3. The van der Waals surface area contributed by atoms with Crippen molar-refractivity contribution >= 4 is 34.2 Å². The lowest BCUT2D eigenvalue weighted by molar-refractivity contribution is 0.779. The van der Waals surface area contributed by atoms with Gasteiger partial charge in [-0.2, -0.15) is 10.5 Å². The zero-order chi connectivity index (χ0) is 35.5. The zero-order valence-electron chi connectivity index (χ0n) is 28.5. The fourth-order valence-electron chi connectivity index (χ4n) is 8.33. The molecule has 1 fully saturated rings. The number of hydrogen-bond acceptors (Lipinski definition) is 4. The van der Waals surface area contributed by atoms with Gasteiger partial charge in [-0.1, -0.05) is 121 Å². The van der Waals surface area contributed by atoms with Crippen LogP contribution in [0.4, 0.5) is 0 Å². The van der Waals surface area contributed by atoms with E-state index in [1.807, 2.05) is 72.8 Å². The molecule has 5 heterocycles. The summed E-state index contributed by atoms with van der Waals surface area (Å²) in [6.45, 7) is 0. The highest BCUT2D eigenvalue weighted by Crippen LogP contribution is 2.73. The first-order valence-corrected chi connectivity index (χ1v) is 17.7. The Kier molecular flexibility index (Phi) is 6.86. The van der Waals surface area contributed by atoms with Crippen LogP contribution in [-0.2, 0) is 0 Å². The second-order valence-corrected chi connectivity index (χ2v) is 13.7. The van der Waals surface area contributed by atoms with E-state index in [1.54, 1.807) is 0 Å². The quantitative estimate of drug-likeness (QED) is 0.193. The molecule has 1 saturated carbocycles. The minimum absolute atomic E-state index is 0.402. The van der Waals surface area contributed by atoms with Crippen molar-refractivity contribution < 1.29 is 0 Å². The molecule has 0 spiro atoms. The highest BCUT2D eigenvalue weighted by molar-refractivity contribution is 5.97. The number of hydrogen-bond donors (Lipinski definition) is 2. The van der Waals surface area contributed by atoms with Crippen LogP contribution < -0.4 is 0 Å². The molecule has 2 atom stereocenters. The Morgan fingerprint density at radius 3 is 1.08 bits per heavy atom. The molecule has 0 saturated heterocycles. The van der Waals surface area contributed by atoms with E-state index in [-0.39, 0.29) is 0 Å². The van der Waals surface area contributed by atoms with Gasteiger partial charge in [0.15, 0.2) is 5.41 Å². The van der Waals surface area contributed by atoms with Crippen LogP contribution in [-0.4, -0.2) is 19.9 Å². The predicted octanol–water partition coefficient (Wildman–Crippen LogP) is 11.1. The predicted molar refractivity (Wildman–Crippen MR) is 211 cm³/mol. The van der Waals surface area contributed by atoms with Crippen LogP contribution in [0, 0.1) is 28.1 Å². The number of nitriles is 2. The molecule has 6 nitrogen and oxygen atoms in total. The first-order valence-electron chi connectivity index (χ1n) is 17.7. The molecule has 3 aromatic heterocycles. The summed E-state index contributed by atoms with van der Waals surface area (Å²) in [5.74, 6) is -0.803. The first kappa shape index (κ1) is 30.5. The van der Waals surface area contributed by atoms with Gasteiger partial charge in [-0.05, 0) is 58.7 Å². The minimum atomic E-state index is -1.25. The van der Waals surface area contributed by atoms with Crippen LogP contribution in [0.25, 0.3) is 78.7 Å². The smallest absolute Gasteiger partial charge is 0.161 e. The monoisotopic (exact) mass is 678 g/mol. The molecule has 248 valence electrons. The standard InChI is InChI=1S/C47H30N6/c48-27-47(28-49)43-44(47)46-42(32-19-11-4-12-20-32)38-26-24-36(52-38)40(30-15-7-2-8-16-30)34-22-21-33(50-34)39(29-13-5-1-6-14-29)35-23-25-37(51-35)41(45(43)53-46)31-17-9-3-10-18-31/h1-26,43-44,51-52H/t43-,44+. The van der Waals surface area contributed by atoms with Gasteiger partial charge in [0.2, 0.25) is 0 Å². The van der Waals surface area contributed by atoms with E-state index in [0.717, 1.165) is 89.4 Å². The van der Waals surface area contributed by atoms with Crippen molar-refractivity contribution in [3.8, 4) is 56.6 Å². The lowest BCUT2D eigenvalue weighted by Crippen LogP contribution is -2.05. The molecule has 0 unspecified atom stereocenters. The Hall–Kier alpha value is -7.28. The molecule has 6 heteroatoms. The van der Waals surface area contributed by atoms with Crippen molar-refractivity contribution in [2.45, 2.75) is 11.8 Å². The molecule has 7 aromatic rings. The maximum Gasteiger partial charge on any atom is 0.161 e. The molecule has 53 heavy (non-hydrogen) atoms. The fraction of sp³-hybridized carbons (Fsp3) is 0.0638. The van der Waals surface area contributed by atoms with Crippen molar-refractivity contribution in [3.63, 3.8) is 0 Å². The number of benzene rings is 4. The van der Waals surface area contributed by atoms with E-state index in [2.05, 4.69) is 107 Å². The summed E-state index contributed by atoms with van der Waals surface area (Å²) in [6.07, 6.45) is 4.19. The molecular weight excluding hydrogens is 649 g/mol. The van der Waals surface area contributed by atoms with E-state index in [0.29, 0.717) is 0 Å². The Morgan fingerprint density at radius 2 is 0.736 bits per heavy atom. The van der Waals surface area contributed by atoms with Crippen LogP contribution in [0.3, 0.4) is 0 Å². The van der Waals surface area contributed by atoms with Crippen LogP contribution in [0.2, 0.25) is 0 Å². The number of H-pyrrole nitrogens is 2. The SMILES string of the molecule is N#CC1(C#N)[C@@H]2c3nc(c(-c4ccccc4)c4ccc([nH]4)c(-c4ccccc4)c4nc(c(-c5ccccc5)c5ccc([nH]5)c3-c3ccccc3)C=C4)[C@@H]21. The third-order valence-corrected chi connectivity index (χ3v) is 10.8. The van der Waals surface area contributed by atoms with Crippen LogP contribution in [0.5, 0.6) is 0 Å². The molecular formula is C47H30N6. The van der Waals surface area contributed by atoms with Gasteiger partial charge in [0.05, 0.1) is 34.9 Å². The van der Waals surface area contributed by atoms with Gasteiger partial charge in [0.1, 0.15) is 0 Å². The maximum absolute atomic E-state index is 10.7. The van der Waals surface area contributed by atoms with Crippen molar-refractivity contribution in [3.05, 3.63) is 168 Å². The molecule has 2 aliphatic heterocycles. The largest absolute Gasteiger partial charge is 0.354 e. The van der Waals surface area contributed by atoms with Crippen LogP contribution in [0.15, 0.2) is 146 Å². The molecule has 8 bridgehead atoms. The van der Waals surface area contributed by atoms with Crippen LogP contribution in [0.1, 0.15) is 34.6 Å². The molecule has 0 radical (unpaired) electrons.